The number of hydrogen-bond acceptors (Lipinski definition) is 4. The SMILES string of the molecule is CN(C)C(=O)CNC(=O)NC1(C(=O)O)CCOCC1. The molecule has 0 spiro atoms. The van der Waals surface area contributed by atoms with E-state index in [2.05, 4.69) is 10.6 Å². The number of rotatable bonds is 4. The summed E-state index contributed by atoms with van der Waals surface area (Å²) in [5.74, 6) is -1.36. The molecule has 8 heteroatoms. The van der Waals surface area contributed by atoms with Gasteiger partial charge in [0, 0.05) is 40.2 Å². The lowest BCUT2D eigenvalue weighted by Crippen LogP contribution is -2.60. The predicted octanol–water partition coefficient (Wildman–Crippen LogP) is -0.992. The first-order chi connectivity index (χ1) is 8.87. The molecule has 0 aliphatic carbocycles. The summed E-state index contributed by atoms with van der Waals surface area (Å²) in [7, 11) is 3.14. The van der Waals surface area contributed by atoms with Crippen LogP contribution in [0.4, 0.5) is 4.79 Å². The minimum atomic E-state index is -1.32. The minimum Gasteiger partial charge on any atom is -0.480 e. The van der Waals surface area contributed by atoms with Gasteiger partial charge in [-0.05, 0) is 0 Å². The maximum Gasteiger partial charge on any atom is 0.329 e. The fourth-order valence-corrected chi connectivity index (χ4v) is 1.69. The standard InChI is InChI=1S/C11H19N3O5/c1-14(2)8(15)7-12-10(18)13-11(9(16)17)3-5-19-6-4-11/h3-7H2,1-2H3,(H,16,17)(H2,12,13,18). The predicted molar refractivity (Wildman–Crippen MR) is 65.6 cm³/mol. The van der Waals surface area contributed by atoms with E-state index in [1.807, 2.05) is 0 Å². The average Bonchev–Trinajstić information content (AvgIpc) is 2.36. The van der Waals surface area contributed by atoms with Gasteiger partial charge in [0.15, 0.2) is 0 Å². The van der Waals surface area contributed by atoms with Crippen LogP contribution < -0.4 is 10.6 Å². The molecule has 19 heavy (non-hydrogen) atoms. The van der Waals surface area contributed by atoms with Gasteiger partial charge in [0.25, 0.3) is 0 Å². The lowest BCUT2D eigenvalue weighted by atomic mass is 9.90. The summed E-state index contributed by atoms with van der Waals surface area (Å²) in [4.78, 5) is 35.6. The monoisotopic (exact) mass is 273 g/mol. The Balaban J connectivity index is 2.53. The molecule has 3 N–H and O–H groups in total. The van der Waals surface area contributed by atoms with E-state index in [1.165, 1.54) is 4.90 Å². The van der Waals surface area contributed by atoms with Crippen LogP contribution in [0.15, 0.2) is 0 Å². The zero-order chi connectivity index (χ0) is 14.5. The van der Waals surface area contributed by atoms with E-state index >= 15 is 0 Å². The normalized spacial score (nSPS) is 17.4. The molecule has 3 amide bonds. The molecule has 8 nitrogen and oxygen atoms in total. The number of hydrogen-bond donors (Lipinski definition) is 3. The topological polar surface area (TPSA) is 108 Å². The van der Waals surface area contributed by atoms with Gasteiger partial charge in [-0.3, -0.25) is 4.79 Å². The Hall–Kier alpha value is -1.83. The van der Waals surface area contributed by atoms with Crippen LogP contribution in [-0.4, -0.2) is 67.3 Å². The Morgan fingerprint density at radius 2 is 1.84 bits per heavy atom. The highest BCUT2D eigenvalue weighted by molar-refractivity contribution is 5.88. The molecule has 1 heterocycles. The fraction of sp³-hybridized carbons (Fsp3) is 0.727. The third kappa shape index (κ3) is 4.09. The summed E-state index contributed by atoms with van der Waals surface area (Å²) >= 11 is 0. The Bertz CT molecular complexity index is 363. The molecule has 0 bridgehead atoms. The van der Waals surface area contributed by atoms with E-state index in [0.717, 1.165) is 0 Å². The van der Waals surface area contributed by atoms with E-state index in [1.54, 1.807) is 14.1 Å². The molecule has 1 rings (SSSR count). The second-order valence-corrected chi connectivity index (χ2v) is 4.60. The second kappa shape index (κ2) is 6.37. The molecule has 0 aromatic heterocycles. The van der Waals surface area contributed by atoms with E-state index < -0.39 is 17.5 Å². The van der Waals surface area contributed by atoms with Crippen molar-refractivity contribution < 1.29 is 24.2 Å². The number of carboxylic acid groups (broad SMARTS) is 1. The number of carboxylic acids is 1. The Morgan fingerprint density at radius 1 is 1.26 bits per heavy atom. The number of ether oxygens (including phenoxy) is 1. The van der Waals surface area contributed by atoms with Gasteiger partial charge >= 0.3 is 12.0 Å². The van der Waals surface area contributed by atoms with Gasteiger partial charge in [0.2, 0.25) is 5.91 Å². The van der Waals surface area contributed by atoms with Gasteiger partial charge < -0.3 is 25.4 Å². The van der Waals surface area contributed by atoms with Gasteiger partial charge in [-0.2, -0.15) is 0 Å². The minimum absolute atomic E-state index is 0.176. The van der Waals surface area contributed by atoms with E-state index in [0.29, 0.717) is 0 Å². The summed E-state index contributed by atoms with van der Waals surface area (Å²) < 4.78 is 5.09. The largest absolute Gasteiger partial charge is 0.480 e. The first-order valence-corrected chi connectivity index (χ1v) is 5.95. The summed E-state index contributed by atoms with van der Waals surface area (Å²) in [6.07, 6.45) is 0.411. The molecular formula is C11H19N3O5. The Morgan fingerprint density at radius 3 is 2.32 bits per heavy atom. The highest BCUT2D eigenvalue weighted by atomic mass is 16.5. The quantitative estimate of drug-likeness (QED) is 0.609. The van der Waals surface area contributed by atoms with Gasteiger partial charge in [0.05, 0.1) is 6.54 Å². The molecule has 1 fully saturated rings. The average molecular weight is 273 g/mol. The highest BCUT2D eigenvalue weighted by Crippen LogP contribution is 2.20. The third-order valence-electron chi connectivity index (χ3n) is 3.01. The van der Waals surface area contributed by atoms with Gasteiger partial charge in [-0.15, -0.1) is 0 Å². The van der Waals surface area contributed by atoms with Crippen molar-refractivity contribution in [2.75, 3.05) is 33.9 Å². The van der Waals surface area contributed by atoms with Crippen molar-refractivity contribution in [1.29, 1.82) is 0 Å². The molecule has 0 unspecified atom stereocenters. The number of amides is 3. The fourth-order valence-electron chi connectivity index (χ4n) is 1.69. The maximum absolute atomic E-state index is 11.7. The lowest BCUT2D eigenvalue weighted by Gasteiger charge is -2.33. The van der Waals surface area contributed by atoms with Crippen LogP contribution in [0.25, 0.3) is 0 Å². The van der Waals surface area contributed by atoms with Crippen LogP contribution in [0, 0.1) is 0 Å². The molecule has 1 aliphatic heterocycles. The highest BCUT2D eigenvalue weighted by Gasteiger charge is 2.41. The van der Waals surface area contributed by atoms with Crippen molar-refractivity contribution in [2.24, 2.45) is 0 Å². The second-order valence-electron chi connectivity index (χ2n) is 4.60. The molecule has 0 radical (unpaired) electrons. The summed E-state index contributed by atoms with van der Waals surface area (Å²) in [6, 6.07) is -0.667. The van der Waals surface area contributed by atoms with Crippen molar-refractivity contribution in [1.82, 2.24) is 15.5 Å². The molecule has 108 valence electrons. The number of aliphatic carboxylic acids is 1. The zero-order valence-corrected chi connectivity index (χ0v) is 11.1. The Labute approximate surface area is 111 Å². The van der Waals surface area contributed by atoms with E-state index in [4.69, 9.17) is 4.74 Å². The number of carbonyl (C=O) groups excluding carboxylic acids is 2. The van der Waals surface area contributed by atoms with E-state index in [9.17, 15) is 19.5 Å². The molecule has 1 saturated heterocycles. The first-order valence-electron chi connectivity index (χ1n) is 5.95. The van der Waals surface area contributed by atoms with Gasteiger partial charge in [-0.1, -0.05) is 0 Å². The molecule has 1 aliphatic rings. The molecule has 0 aromatic rings. The number of likely N-dealkylation sites (N-methyl/N-ethyl adjacent to an activating group) is 1. The number of carbonyl (C=O) groups is 3. The van der Waals surface area contributed by atoms with Crippen molar-refractivity contribution in [3.05, 3.63) is 0 Å². The summed E-state index contributed by atoms with van der Waals surface area (Å²) in [5, 5.41) is 14.0. The van der Waals surface area contributed by atoms with Crippen molar-refractivity contribution in [3.63, 3.8) is 0 Å². The molecular weight excluding hydrogens is 254 g/mol. The van der Waals surface area contributed by atoms with Gasteiger partial charge in [0.1, 0.15) is 5.54 Å². The van der Waals surface area contributed by atoms with Gasteiger partial charge in [-0.25, -0.2) is 9.59 Å². The van der Waals surface area contributed by atoms with E-state index in [-0.39, 0.29) is 38.5 Å². The maximum atomic E-state index is 11.7. The third-order valence-corrected chi connectivity index (χ3v) is 3.01. The Kier molecular flexibility index (Phi) is 5.11. The molecule has 0 atom stereocenters. The van der Waals surface area contributed by atoms with Crippen LogP contribution in [0.3, 0.4) is 0 Å². The number of urea groups is 1. The van der Waals surface area contributed by atoms with Crippen molar-refractivity contribution >= 4 is 17.9 Å². The van der Waals surface area contributed by atoms with Crippen molar-refractivity contribution in [3.8, 4) is 0 Å². The van der Waals surface area contributed by atoms with Crippen LogP contribution >= 0.6 is 0 Å². The van der Waals surface area contributed by atoms with Crippen LogP contribution in [0.5, 0.6) is 0 Å². The first kappa shape index (κ1) is 15.2. The number of nitrogens with zero attached hydrogens (tertiary/aromatic N) is 1. The zero-order valence-electron chi connectivity index (χ0n) is 11.1. The van der Waals surface area contributed by atoms with Crippen molar-refractivity contribution in [2.45, 2.75) is 18.4 Å². The van der Waals surface area contributed by atoms with Crippen LogP contribution in [0.2, 0.25) is 0 Å². The summed E-state index contributed by atoms with van der Waals surface area (Å²) in [6.45, 7) is 0.386. The van der Waals surface area contributed by atoms with Crippen LogP contribution in [0.1, 0.15) is 12.8 Å². The molecule has 0 aromatic carbocycles. The van der Waals surface area contributed by atoms with Crippen LogP contribution in [-0.2, 0) is 14.3 Å². The number of nitrogens with one attached hydrogen (secondary N) is 2. The summed E-state index contributed by atoms with van der Waals surface area (Å²) in [5.41, 5.74) is -1.32. The molecule has 0 saturated carbocycles. The lowest BCUT2D eigenvalue weighted by molar-refractivity contribution is -0.148. The smallest absolute Gasteiger partial charge is 0.329 e.